The Morgan fingerprint density at radius 1 is 0.582 bits per heavy atom. The number of phenols is 4. The van der Waals surface area contributed by atoms with Crippen molar-refractivity contribution in [2.75, 3.05) is 54.3 Å². The average Bonchev–Trinajstić information content (AvgIpc) is 3.85. The summed E-state index contributed by atoms with van der Waals surface area (Å²) in [7, 11) is 4.26. The molecule has 2 saturated heterocycles. The molecule has 2 unspecified atom stereocenters. The van der Waals surface area contributed by atoms with Gasteiger partial charge in [-0.25, -0.2) is 4.90 Å². The Morgan fingerprint density at radius 3 is 1.52 bits per heavy atom. The smallest absolute Gasteiger partial charge is 0.253 e. The summed E-state index contributed by atoms with van der Waals surface area (Å²) >= 11 is 0. The zero-order chi connectivity index (χ0) is 48.2. The molecule has 67 heavy (non-hydrogen) atoms. The van der Waals surface area contributed by atoms with Crippen LogP contribution in [0.4, 0.5) is 0 Å². The van der Waals surface area contributed by atoms with E-state index in [1.54, 1.807) is 41.3 Å². The number of phenolic OH excluding ortho intramolecular Hbond substituents is 4. The number of ether oxygens (including phenoxy) is 5. The van der Waals surface area contributed by atoms with Crippen LogP contribution in [0, 0.1) is 23.7 Å². The molecule has 0 aromatic heterocycles. The number of fused-ring (bicyclic) bond motifs is 2. The van der Waals surface area contributed by atoms with Crippen LogP contribution in [0.5, 0.6) is 51.7 Å². The highest BCUT2D eigenvalue weighted by Gasteiger charge is 2.52. The number of methoxy groups -OCH3 is 3. The summed E-state index contributed by atoms with van der Waals surface area (Å²) in [6.45, 7) is -0.186. The largest absolute Gasteiger partial charge is 0.504 e. The molecule has 2 atom stereocenters. The highest BCUT2D eigenvalue weighted by atomic mass is 16.7. The summed E-state index contributed by atoms with van der Waals surface area (Å²) in [6.07, 6.45) is 0.837. The Bertz CT molecular complexity index is 2480. The van der Waals surface area contributed by atoms with Crippen molar-refractivity contribution in [3.63, 3.8) is 0 Å². The molecule has 2 heterocycles. The van der Waals surface area contributed by atoms with Crippen LogP contribution in [-0.4, -0.2) is 138 Å². The van der Waals surface area contributed by atoms with Gasteiger partial charge < -0.3 is 74.7 Å². The van der Waals surface area contributed by atoms with Gasteiger partial charge in [0.1, 0.15) is 0 Å². The Hall–Kier alpha value is -5.90. The number of piperidine rings is 2. The lowest BCUT2D eigenvalue weighted by Crippen LogP contribution is -2.55. The number of benzene rings is 4. The Labute approximate surface area is 385 Å². The number of likely N-dealkylation sites (tertiary alicyclic amines) is 2. The summed E-state index contributed by atoms with van der Waals surface area (Å²) in [6, 6.07) is 14.3. The molecular formula is C48H56N2O17. The highest BCUT2D eigenvalue weighted by Crippen LogP contribution is 2.53. The van der Waals surface area contributed by atoms with E-state index in [0.29, 0.717) is 28.2 Å². The number of rotatable bonds is 15. The zero-order valence-corrected chi connectivity index (χ0v) is 37.2. The minimum Gasteiger partial charge on any atom is -0.504 e. The molecule has 2 fully saturated rings. The number of nitrogens with zero attached hydrogens (tertiary/aromatic N) is 2. The van der Waals surface area contributed by atoms with E-state index >= 15 is 0 Å². The number of hydrogen-bond donors (Lipinski definition) is 10. The van der Waals surface area contributed by atoms with Crippen LogP contribution in [0.1, 0.15) is 68.7 Å². The fourth-order valence-corrected chi connectivity index (χ4v) is 10.2. The van der Waals surface area contributed by atoms with Gasteiger partial charge in [0.15, 0.2) is 57.6 Å². The van der Waals surface area contributed by atoms with Crippen LogP contribution in [0.25, 0.3) is 0 Å². The van der Waals surface area contributed by atoms with E-state index in [2.05, 4.69) is 0 Å². The van der Waals surface area contributed by atoms with Crippen LogP contribution < -0.4 is 23.7 Å². The second kappa shape index (κ2) is 18.3. The van der Waals surface area contributed by atoms with Crippen molar-refractivity contribution in [1.29, 1.82) is 0 Å². The number of ketones is 2. The number of aliphatic hydroxyl groups is 6. The fraction of sp³-hybridized carbons (Fsp3) is 0.458. The second-order valence-corrected chi connectivity index (χ2v) is 17.8. The Kier molecular flexibility index (Phi) is 13.0. The number of carbonyl (C=O) groups is 2. The van der Waals surface area contributed by atoms with E-state index in [1.807, 2.05) is 0 Å². The molecule has 8 rings (SSSR count). The van der Waals surface area contributed by atoms with Crippen molar-refractivity contribution < 1.29 is 84.3 Å². The zero-order valence-electron chi connectivity index (χ0n) is 37.2. The molecule has 4 aliphatic rings. The maximum atomic E-state index is 13.8. The van der Waals surface area contributed by atoms with Gasteiger partial charge in [0.05, 0.1) is 38.7 Å². The molecule has 10 N–H and O–H groups in total. The summed E-state index contributed by atoms with van der Waals surface area (Å²) in [5.74, 6) is -15.1. The third-order valence-corrected chi connectivity index (χ3v) is 14.2. The number of aromatic hydroxyl groups is 4. The first kappa shape index (κ1) is 47.6. The maximum absolute atomic E-state index is 13.8. The van der Waals surface area contributed by atoms with Gasteiger partial charge in [0.25, 0.3) is 5.91 Å². The van der Waals surface area contributed by atoms with Crippen molar-refractivity contribution in [2.45, 2.75) is 62.6 Å². The second-order valence-electron chi connectivity index (χ2n) is 17.8. The van der Waals surface area contributed by atoms with Crippen molar-refractivity contribution in [3.8, 4) is 51.7 Å². The first-order valence-corrected chi connectivity index (χ1v) is 22.0. The van der Waals surface area contributed by atoms with E-state index < -0.39 is 88.3 Å². The normalized spacial score (nSPS) is 19.9. The Balaban J connectivity index is 0.874. The van der Waals surface area contributed by atoms with Crippen molar-refractivity contribution >= 4 is 11.6 Å². The van der Waals surface area contributed by atoms with Crippen LogP contribution in [0.2, 0.25) is 0 Å². The van der Waals surface area contributed by atoms with Gasteiger partial charge in [-0.3, -0.25) is 14.5 Å². The van der Waals surface area contributed by atoms with E-state index in [1.165, 1.54) is 44.4 Å². The van der Waals surface area contributed by atoms with Gasteiger partial charge in [-0.05, 0) is 87.0 Å². The standard InChI is InChI=1S/C48H56N2O17/c1-63-35-19-25-17-33(39(51)30(25)21-37(35)65-3)46(57,58)27-9-13-49(14-10-27)23-32-41(53)43(55)45(44(56)42(32)54)67-24-66-38-22-31-26(20-36(38)64-2)18-34(40(31)52)47(59,60)28-11-15-50(16-12-28)48(61,62)29-7-5-4-6-8-29/h4-8,19-22,27-28,33-34,53-62H,9-18,23-24H2,1-3H3. The maximum Gasteiger partial charge on any atom is 0.253 e. The van der Waals surface area contributed by atoms with Crippen LogP contribution in [0.3, 0.4) is 0 Å². The molecular weight excluding hydrogens is 877 g/mol. The molecule has 0 bridgehead atoms. The minimum atomic E-state index is -2.44. The fourth-order valence-electron chi connectivity index (χ4n) is 10.2. The molecule has 0 amide bonds. The SMILES string of the molecule is COc1cc2c(cc1OC)C(=O)C(C(O)(O)C1CCN(Cc3c(O)c(O)c(OCOc4cc5c(cc4OC)CC(C(O)(O)C4CCN(C(O)(O)c6ccccc6)CC4)C5=O)c(O)c3O)CC1)C2. The molecule has 360 valence electrons. The molecule has 19 nitrogen and oxygen atoms in total. The van der Waals surface area contributed by atoms with E-state index in [-0.39, 0.29) is 99.4 Å². The molecule has 0 spiro atoms. The van der Waals surface area contributed by atoms with Crippen molar-refractivity contribution in [1.82, 2.24) is 9.80 Å². The van der Waals surface area contributed by atoms with Gasteiger partial charge in [-0.1, -0.05) is 30.3 Å². The molecule has 19 heteroatoms. The van der Waals surface area contributed by atoms with E-state index in [0.717, 1.165) is 0 Å². The van der Waals surface area contributed by atoms with E-state index in [4.69, 9.17) is 23.7 Å². The quantitative estimate of drug-likeness (QED) is 0.0465. The summed E-state index contributed by atoms with van der Waals surface area (Å²) < 4.78 is 27.4. The summed E-state index contributed by atoms with van der Waals surface area (Å²) in [5, 5.41) is 111. The van der Waals surface area contributed by atoms with Gasteiger partial charge in [0.2, 0.25) is 24.0 Å². The molecule has 4 aromatic rings. The molecule has 0 saturated carbocycles. The lowest BCUT2D eigenvalue weighted by Gasteiger charge is -2.44. The highest BCUT2D eigenvalue weighted by molar-refractivity contribution is 6.04. The van der Waals surface area contributed by atoms with Gasteiger partial charge in [-0.15, -0.1) is 0 Å². The Morgan fingerprint density at radius 2 is 1.03 bits per heavy atom. The minimum absolute atomic E-state index is 0.0160. The number of Topliss-reactive ketones (excluding diaryl/α,β-unsaturated/α-hetero) is 2. The third kappa shape index (κ3) is 8.54. The first-order valence-electron chi connectivity index (χ1n) is 22.0. The predicted molar refractivity (Wildman–Crippen MR) is 234 cm³/mol. The van der Waals surface area contributed by atoms with Crippen LogP contribution >= 0.6 is 0 Å². The topological polar surface area (TPSA) is 289 Å². The third-order valence-electron chi connectivity index (χ3n) is 14.2. The van der Waals surface area contributed by atoms with Crippen molar-refractivity contribution in [2.24, 2.45) is 23.7 Å². The monoisotopic (exact) mass is 932 g/mol. The van der Waals surface area contributed by atoms with Gasteiger partial charge in [0, 0.05) is 48.2 Å². The predicted octanol–water partition coefficient (Wildman–Crippen LogP) is 2.44. The number of carbonyl (C=O) groups excluding carboxylic acids is 2. The van der Waals surface area contributed by atoms with Gasteiger partial charge >= 0.3 is 0 Å². The number of hydrogen-bond acceptors (Lipinski definition) is 19. The molecule has 4 aromatic carbocycles. The van der Waals surface area contributed by atoms with Crippen LogP contribution in [-0.2, 0) is 25.3 Å². The summed E-state index contributed by atoms with van der Waals surface area (Å²) in [4.78, 5) is 30.4. The molecule has 2 aliphatic carbocycles. The van der Waals surface area contributed by atoms with E-state index in [9.17, 15) is 60.7 Å². The van der Waals surface area contributed by atoms with Crippen LogP contribution in [0.15, 0.2) is 54.6 Å². The lowest BCUT2D eigenvalue weighted by atomic mass is 9.79. The first-order chi connectivity index (χ1) is 31.8. The average molecular weight is 933 g/mol. The summed E-state index contributed by atoms with van der Waals surface area (Å²) in [5.41, 5.74) is 1.59. The van der Waals surface area contributed by atoms with Gasteiger partial charge in [-0.2, -0.15) is 0 Å². The molecule has 0 radical (unpaired) electrons. The van der Waals surface area contributed by atoms with Crippen molar-refractivity contribution in [3.05, 3.63) is 88.0 Å². The molecule has 2 aliphatic heterocycles. The lowest BCUT2D eigenvalue weighted by molar-refractivity contribution is -0.293.